The summed E-state index contributed by atoms with van der Waals surface area (Å²) in [6.07, 6.45) is 0. The van der Waals surface area contributed by atoms with Crippen molar-refractivity contribution in [3.8, 4) is 5.75 Å². The van der Waals surface area contributed by atoms with Crippen molar-refractivity contribution in [2.45, 2.75) is 13.2 Å². The van der Waals surface area contributed by atoms with Crippen molar-refractivity contribution in [1.82, 2.24) is 5.32 Å². The van der Waals surface area contributed by atoms with E-state index in [0.29, 0.717) is 37.6 Å². The second kappa shape index (κ2) is 11.8. The Morgan fingerprint density at radius 3 is 2.67 bits per heavy atom. The van der Waals surface area contributed by atoms with Crippen LogP contribution < -0.4 is 10.1 Å². The van der Waals surface area contributed by atoms with Crippen LogP contribution >= 0.6 is 12.4 Å². The maximum absolute atomic E-state index is 13.5. The summed E-state index contributed by atoms with van der Waals surface area (Å²) in [6, 6.07) is 14.3. The zero-order chi connectivity index (χ0) is 16.3. The van der Waals surface area contributed by atoms with Crippen molar-refractivity contribution >= 4 is 12.4 Å². The second-order valence-corrected chi connectivity index (χ2v) is 5.04. The topological polar surface area (TPSA) is 50.7 Å². The largest absolute Gasteiger partial charge is 0.489 e. The first-order valence-corrected chi connectivity index (χ1v) is 7.64. The van der Waals surface area contributed by atoms with Gasteiger partial charge in [0.05, 0.1) is 19.8 Å². The van der Waals surface area contributed by atoms with Gasteiger partial charge in [-0.2, -0.15) is 0 Å². The van der Waals surface area contributed by atoms with E-state index in [2.05, 4.69) is 5.32 Å². The molecule has 0 aliphatic rings. The molecule has 4 nitrogen and oxygen atoms in total. The zero-order valence-electron chi connectivity index (χ0n) is 13.4. The monoisotopic (exact) mass is 355 g/mol. The maximum Gasteiger partial charge on any atom is 0.129 e. The molecule has 0 aliphatic heterocycles. The summed E-state index contributed by atoms with van der Waals surface area (Å²) in [6.45, 7) is 2.57. The highest BCUT2D eigenvalue weighted by Gasteiger charge is 2.02. The van der Waals surface area contributed by atoms with Gasteiger partial charge in [-0.15, -0.1) is 12.4 Å². The van der Waals surface area contributed by atoms with E-state index < -0.39 is 0 Å². The van der Waals surface area contributed by atoms with Gasteiger partial charge in [0.2, 0.25) is 0 Å². The van der Waals surface area contributed by atoms with Crippen molar-refractivity contribution in [3.05, 3.63) is 65.5 Å². The second-order valence-electron chi connectivity index (χ2n) is 5.04. The van der Waals surface area contributed by atoms with Gasteiger partial charge in [-0.25, -0.2) is 4.39 Å². The zero-order valence-corrected chi connectivity index (χ0v) is 14.2. The first-order chi connectivity index (χ1) is 11.3. The average molecular weight is 356 g/mol. The molecule has 0 saturated heterocycles. The molecule has 132 valence electrons. The van der Waals surface area contributed by atoms with Gasteiger partial charge in [-0.05, 0) is 23.8 Å². The molecule has 2 aromatic carbocycles. The summed E-state index contributed by atoms with van der Waals surface area (Å²) in [5, 5.41) is 11.8. The third kappa shape index (κ3) is 7.27. The Hall–Kier alpha value is -1.66. The molecule has 0 aliphatic carbocycles. The summed E-state index contributed by atoms with van der Waals surface area (Å²) in [5.41, 5.74) is 1.62. The van der Waals surface area contributed by atoms with E-state index >= 15 is 0 Å². The normalized spacial score (nSPS) is 10.2. The number of halogens is 2. The quantitative estimate of drug-likeness (QED) is 0.643. The lowest BCUT2D eigenvalue weighted by atomic mass is 10.2. The van der Waals surface area contributed by atoms with E-state index in [9.17, 15) is 4.39 Å². The molecule has 0 fully saturated rings. The van der Waals surface area contributed by atoms with Gasteiger partial charge in [0, 0.05) is 18.7 Å². The lowest BCUT2D eigenvalue weighted by Crippen LogP contribution is -2.20. The van der Waals surface area contributed by atoms with E-state index in [1.807, 2.05) is 24.3 Å². The Kier molecular flexibility index (Phi) is 10.0. The highest BCUT2D eigenvalue weighted by molar-refractivity contribution is 5.85. The SMILES string of the molecule is Cl.OCCOCCNCc1cccc(OCc2ccccc2F)c1. The number of aliphatic hydroxyl groups is 1. The Morgan fingerprint density at radius 2 is 1.88 bits per heavy atom. The standard InChI is InChI=1S/C18H22FNO3.ClH/c19-18-7-2-1-5-16(18)14-23-17-6-3-4-15(12-17)13-20-8-10-22-11-9-21;/h1-7,12,20-21H,8-11,13-14H2;1H. The predicted octanol–water partition coefficient (Wildman–Crippen LogP) is 2.93. The van der Waals surface area contributed by atoms with E-state index in [0.717, 1.165) is 5.56 Å². The molecule has 0 aromatic heterocycles. The van der Waals surface area contributed by atoms with Gasteiger partial charge >= 0.3 is 0 Å². The summed E-state index contributed by atoms with van der Waals surface area (Å²) >= 11 is 0. The van der Waals surface area contributed by atoms with Crippen molar-refractivity contribution < 1.29 is 19.0 Å². The Labute approximate surface area is 148 Å². The van der Waals surface area contributed by atoms with Crippen LogP contribution in [0.1, 0.15) is 11.1 Å². The van der Waals surface area contributed by atoms with Gasteiger partial charge in [0.1, 0.15) is 18.2 Å². The fourth-order valence-electron chi connectivity index (χ4n) is 2.07. The van der Waals surface area contributed by atoms with E-state index in [-0.39, 0.29) is 31.4 Å². The van der Waals surface area contributed by atoms with Gasteiger partial charge in [0.15, 0.2) is 0 Å². The number of ether oxygens (including phenoxy) is 2. The highest BCUT2D eigenvalue weighted by atomic mass is 35.5. The minimum Gasteiger partial charge on any atom is -0.489 e. The fourth-order valence-corrected chi connectivity index (χ4v) is 2.07. The minimum absolute atomic E-state index is 0. The molecule has 0 heterocycles. The minimum atomic E-state index is -0.256. The molecular formula is C18H23ClFNO3. The van der Waals surface area contributed by atoms with Gasteiger partial charge in [-0.3, -0.25) is 0 Å². The van der Waals surface area contributed by atoms with Crippen molar-refractivity contribution in [2.24, 2.45) is 0 Å². The molecule has 0 saturated carbocycles. The van der Waals surface area contributed by atoms with Crippen LogP contribution in [0.4, 0.5) is 4.39 Å². The fraction of sp³-hybridized carbons (Fsp3) is 0.333. The average Bonchev–Trinajstić information content (AvgIpc) is 2.58. The summed E-state index contributed by atoms with van der Waals surface area (Å²) in [7, 11) is 0. The van der Waals surface area contributed by atoms with Gasteiger partial charge in [-0.1, -0.05) is 30.3 Å². The lowest BCUT2D eigenvalue weighted by molar-refractivity contribution is 0.0938. The molecule has 0 unspecified atom stereocenters. The first-order valence-electron chi connectivity index (χ1n) is 7.64. The molecule has 0 amide bonds. The maximum atomic E-state index is 13.5. The molecule has 0 spiro atoms. The molecule has 0 bridgehead atoms. The van der Waals surface area contributed by atoms with Gasteiger partial charge < -0.3 is 19.9 Å². The smallest absolute Gasteiger partial charge is 0.129 e. The molecule has 2 rings (SSSR count). The predicted molar refractivity (Wildman–Crippen MR) is 94.0 cm³/mol. The summed E-state index contributed by atoms with van der Waals surface area (Å²) in [4.78, 5) is 0. The summed E-state index contributed by atoms with van der Waals surface area (Å²) < 4.78 is 24.4. The first kappa shape index (κ1) is 20.4. The van der Waals surface area contributed by atoms with E-state index in [4.69, 9.17) is 14.6 Å². The Bertz CT molecular complexity index is 598. The van der Waals surface area contributed by atoms with Crippen LogP contribution in [0.15, 0.2) is 48.5 Å². The van der Waals surface area contributed by atoms with Crippen LogP contribution in [0.2, 0.25) is 0 Å². The third-order valence-corrected chi connectivity index (χ3v) is 3.24. The van der Waals surface area contributed by atoms with Crippen LogP contribution in [0, 0.1) is 5.82 Å². The molecule has 6 heteroatoms. The van der Waals surface area contributed by atoms with Gasteiger partial charge in [0.25, 0.3) is 0 Å². The van der Waals surface area contributed by atoms with Crippen LogP contribution in [-0.2, 0) is 17.9 Å². The van der Waals surface area contributed by atoms with Crippen LogP contribution in [0.3, 0.4) is 0 Å². The molecule has 2 N–H and O–H groups in total. The van der Waals surface area contributed by atoms with Crippen LogP contribution in [0.5, 0.6) is 5.75 Å². The van der Waals surface area contributed by atoms with Crippen molar-refractivity contribution in [3.63, 3.8) is 0 Å². The summed E-state index contributed by atoms with van der Waals surface area (Å²) in [5.74, 6) is 0.456. The molecule has 0 radical (unpaired) electrons. The number of nitrogens with one attached hydrogen (secondary N) is 1. The molecule has 2 aromatic rings. The lowest BCUT2D eigenvalue weighted by Gasteiger charge is -2.10. The van der Waals surface area contributed by atoms with Crippen LogP contribution in [-0.4, -0.2) is 31.5 Å². The Balaban J connectivity index is 0.00000288. The number of benzene rings is 2. The Morgan fingerprint density at radius 1 is 1.04 bits per heavy atom. The van der Waals surface area contributed by atoms with E-state index in [1.165, 1.54) is 6.07 Å². The molecule has 0 atom stereocenters. The highest BCUT2D eigenvalue weighted by Crippen LogP contribution is 2.16. The number of rotatable bonds is 10. The number of hydrogen-bond donors (Lipinski definition) is 2. The molecule has 24 heavy (non-hydrogen) atoms. The van der Waals surface area contributed by atoms with E-state index in [1.54, 1.807) is 18.2 Å². The van der Waals surface area contributed by atoms with Crippen molar-refractivity contribution in [2.75, 3.05) is 26.4 Å². The van der Waals surface area contributed by atoms with Crippen molar-refractivity contribution in [1.29, 1.82) is 0 Å². The van der Waals surface area contributed by atoms with Crippen LogP contribution in [0.25, 0.3) is 0 Å². The number of hydrogen-bond acceptors (Lipinski definition) is 4. The number of aliphatic hydroxyl groups excluding tert-OH is 1. The third-order valence-electron chi connectivity index (χ3n) is 3.24. The molecular weight excluding hydrogens is 333 g/mol.